The predicted octanol–water partition coefficient (Wildman–Crippen LogP) is 4.28. The number of para-hydroxylation sites is 1. The molecule has 4 aromatic rings. The zero-order chi connectivity index (χ0) is 19.3. The third kappa shape index (κ3) is 4.30. The highest BCUT2D eigenvalue weighted by atomic mass is 32.1. The number of benzene rings is 2. The van der Waals surface area contributed by atoms with E-state index in [4.69, 9.17) is 12.2 Å². The fourth-order valence-corrected chi connectivity index (χ4v) is 2.74. The van der Waals surface area contributed by atoms with Crippen molar-refractivity contribution >= 4 is 51.5 Å². The average Bonchev–Trinajstić information content (AvgIpc) is 2.70. The lowest BCUT2D eigenvalue weighted by atomic mass is 10.3. The maximum absolute atomic E-state index is 9.37. The van der Waals surface area contributed by atoms with Gasteiger partial charge in [-0.1, -0.05) is 18.2 Å². The normalized spacial score (nSPS) is 10.4. The molecule has 0 unspecified atom stereocenters. The Balaban J connectivity index is 1.50. The number of nitrogens with zero attached hydrogens (tertiary/aromatic N) is 3. The van der Waals surface area contributed by atoms with E-state index in [-0.39, 0.29) is 5.75 Å². The van der Waals surface area contributed by atoms with Crippen molar-refractivity contribution in [3.05, 3.63) is 72.9 Å². The number of fused-ring (bicyclic) bond motifs is 1. The molecule has 28 heavy (non-hydrogen) atoms. The highest BCUT2D eigenvalue weighted by molar-refractivity contribution is 7.80. The van der Waals surface area contributed by atoms with Crippen molar-refractivity contribution in [2.24, 2.45) is 0 Å². The summed E-state index contributed by atoms with van der Waals surface area (Å²) in [4.78, 5) is 13.3. The van der Waals surface area contributed by atoms with Crippen LogP contribution < -0.4 is 16.0 Å². The first-order chi connectivity index (χ1) is 13.7. The summed E-state index contributed by atoms with van der Waals surface area (Å²) in [5.74, 6) is 1.32. The number of aromatic nitrogens is 3. The Morgan fingerprint density at radius 1 is 0.786 bits per heavy atom. The number of aromatic hydroxyl groups is 1. The Hall–Kier alpha value is -3.78. The highest BCUT2D eigenvalue weighted by Crippen LogP contribution is 2.19. The predicted molar refractivity (Wildman–Crippen MR) is 115 cm³/mol. The quantitative estimate of drug-likeness (QED) is 0.304. The molecule has 4 N–H and O–H groups in total. The Morgan fingerprint density at radius 2 is 1.54 bits per heavy atom. The Bertz CT molecular complexity index is 1120. The molecule has 0 fully saturated rings. The molecule has 2 heterocycles. The maximum atomic E-state index is 9.37. The minimum atomic E-state index is 0.201. The molecule has 138 valence electrons. The summed E-state index contributed by atoms with van der Waals surface area (Å²) in [6.45, 7) is 0. The highest BCUT2D eigenvalue weighted by Gasteiger charge is 2.05. The number of hydrogen-bond acceptors (Lipinski definition) is 6. The summed E-state index contributed by atoms with van der Waals surface area (Å²) < 4.78 is 0. The second-order valence-corrected chi connectivity index (χ2v) is 6.32. The molecule has 8 heteroatoms. The number of rotatable bonds is 4. The van der Waals surface area contributed by atoms with Gasteiger partial charge in [0.25, 0.3) is 0 Å². The van der Waals surface area contributed by atoms with Crippen LogP contribution >= 0.6 is 12.2 Å². The van der Waals surface area contributed by atoms with Crippen LogP contribution in [0, 0.1) is 0 Å². The van der Waals surface area contributed by atoms with E-state index in [0.717, 1.165) is 11.4 Å². The molecule has 0 radical (unpaired) electrons. The van der Waals surface area contributed by atoms with E-state index in [1.807, 2.05) is 36.4 Å². The standard InChI is InChI=1S/C20H16N6OS/c27-15-8-6-14(7-9-15)22-18-12-21-16-10-11-17(24-19(16)25-18)26-20(28)23-13-4-2-1-3-5-13/h1-12,27H,(H3,22,23,24,25,26,28). The van der Waals surface area contributed by atoms with Crippen LogP contribution in [0.15, 0.2) is 72.9 Å². The molecule has 0 atom stereocenters. The second-order valence-electron chi connectivity index (χ2n) is 5.91. The van der Waals surface area contributed by atoms with Gasteiger partial charge in [0.05, 0.1) is 6.20 Å². The van der Waals surface area contributed by atoms with Gasteiger partial charge in [-0.15, -0.1) is 0 Å². The monoisotopic (exact) mass is 388 g/mol. The van der Waals surface area contributed by atoms with E-state index in [9.17, 15) is 5.11 Å². The van der Waals surface area contributed by atoms with Crippen molar-refractivity contribution in [1.29, 1.82) is 0 Å². The third-order valence-electron chi connectivity index (χ3n) is 3.82. The smallest absolute Gasteiger partial charge is 0.182 e. The first-order valence-corrected chi connectivity index (χ1v) is 8.89. The fourth-order valence-electron chi connectivity index (χ4n) is 2.52. The Kier molecular flexibility index (Phi) is 4.94. The Labute approximate surface area is 166 Å². The lowest BCUT2D eigenvalue weighted by Gasteiger charge is -2.10. The van der Waals surface area contributed by atoms with Gasteiger partial charge in [-0.2, -0.15) is 0 Å². The summed E-state index contributed by atoms with van der Waals surface area (Å²) in [5, 5.41) is 19.1. The SMILES string of the molecule is Oc1ccc(Nc2cnc3ccc(NC(=S)Nc4ccccc4)nc3n2)cc1. The average molecular weight is 388 g/mol. The van der Waals surface area contributed by atoms with Crippen LogP contribution in [-0.4, -0.2) is 25.2 Å². The third-order valence-corrected chi connectivity index (χ3v) is 4.02. The molecule has 0 aliphatic rings. The topological polar surface area (TPSA) is 95.0 Å². The van der Waals surface area contributed by atoms with Crippen molar-refractivity contribution in [3.8, 4) is 5.75 Å². The van der Waals surface area contributed by atoms with E-state index in [1.165, 1.54) is 0 Å². The van der Waals surface area contributed by atoms with Gasteiger partial charge in [0.1, 0.15) is 17.1 Å². The number of nitrogens with one attached hydrogen (secondary N) is 3. The van der Waals surface area contributed by atoms with Crippen LogP contribution in [0.2, 0.25) is 0 Å². The second kappa shape index (κ2) is 7.85. The van der Waals surface area contributed by atoms with Gasteiger partial charge in [0.15, 0.2) is 16.6 Å². The largest absolute Gasteiger partial charge is 0.508 e. The van der Waals surface area contributed by atoms with E-state index in [2.05, 4.69) is 30.9 Å². The summed E-state index contributed by atoms with van der Waals surface area (Å²) in [7, 11) is 0. The van der Waals surface area contributed by atoms with Crippen molar-refractivity contribution < 1.29 is 5.11 Å². The molecule has 4 rings (SSSR count). The van der Waals surface area contributed by atoms with Gasteiger partial charge >= 0.3 is 0 Å². The number of thiocarbonyl (C=S) groups is 1. The molecule has 0 aliphatic carbocycles. The first-order valence-electron chi connectivity index (χ1n) is 8.49. The van der Waals surface area contributed by atoms with Gasteiger partial charge in [-0.3, -0.25) is 0 Å². The van der Waals surface area contributed by atoms with E-state index < -0.39 is 0 Å². The number of phenols is 1. The maximum Gasteiger partial charge on any atom is 0.182 e. The van der Waals surface area contributed by atoms with Crippen LogP contribution in [0.4, 0.5) is 23.0 Å². The van der Waals surface area contributed by atoms with Gasteiger partial charge < -0.3 is 21.1 Å². The summed E-state index contributed by atoms with van der Waals surface area (Å²) in [6.07, 6.45) is 1.63. The molecule has 0 aliphatic heterocycles. The Morgan fingerprint density at radius 3 is 2.32 bits per heavy atom. The molecule has 0 saturated carbocycles. The van der Waals surface area contributed by atoms with Crippen LogP contribution in [-0.2, 0) is 0 Å². The molecule has 0 amide bonds. The van der Waals surface area contributed by atoms with Crippen LogP contribution in [0.1, 0.15) is 0 Å². The van der Waals surface area contributed by atoms with Gasteiger partial charge in [0, 0.05) is 11.4 Å². The van der Waals surface area contributed by atoms with Gasteiger partial charge in [0.2, 0.25) is 0 Å². The lowest BCUT2D eigenvalue weighted by Crippen LogP contribution is -2.19. The lowest BCUT2D eigenvalue weighted by molar-refractivity contribution is 0.475. The minimum absolute atomic E-state index is 0.201. The number of phenolic OH excluding ortho intramolecular Hbond substituents is 1. The van der Waals surface area contributed by atoms with Crippen molar-refractivity contribution in [1.82, 2.24) is 15.0 Å². The zero-order valence-corrected chi connectivity index (χ0v) is 15.4. The molecule has 0 bridgehead atoms. The molecule has 0 spiro atoms. The summed E-state index contributed by atoms with van der Waals surface area (Å²) in [6, 6.07) is 20.0. The van der Waals surface area contributed by atoms with Crippen molar-refractivity contribution in [2.75, 3.05) is 16.0 Å². The van der Waals surface area contributed by atoms with Crippen LogP contribution in [0.5, 0.6) is 5.75 Å². The molecule has 2 aromatic heterocycles. The molecule has 0 saturated heterocycles. The number of pyridine rings is 1. The molecule has 2 aromatic carbocycles. The fraction of sp³-hybridized carbons (Fsp3) is 0. The van der Waals surface area contributed by atoms with E-state index in [1.54, 1.807) is 36.5 Å². The number of anilines is 4. The zero-order valence-electron chi connectivity index (χ0n) is 14.6. The van der Waals surface area contributed by atoms with Crippen molar-refractivity contribution in [3.63, 3.8) is 0 Å². The summed E-state index contributed by atoms with van der Waals surface area (Å²) >= 11 is 5.33. The summed E-state index contributed by atoms with van der Waals surface area (Å²) in [5.41, 5.74) is 2.83. The van der Waals surface area contributed by atoms with Crippen molar-refractivity contribution in [2.45, 2.75) is 0 Å². The minimum Gasteiger partial charge on any atom is -0.508 e. The first kappa shape index (κ1) is 17.6. The molecular weight excluding hydrogens is 372 g/mol. The van der Waals surface area contributed by atoms with E-state index in [0.29, 0.717) is 27.9 Å². The molecule has 7 nitrogen and oxygen atoms in total. The number of hydrogen-bond donors (Lipinski definition) is 4. The molecular formula is C20H16N6OS. The van der Waals surface area contributed by atoms with Crippen LogP contribution in [0.25, 0.3) is 11.2 Å². The van der Waals surface area contributed by atoms with Gasteiger partial charge in [-0.25, -0.2) is 15.0 Å². The van der Waals surface area contributed by atoms with Crippen LogP contribution in [0.3, 0.4) is 0 Å². The van der Waals surface area contributed by atoms with E-state index >= 15 is 0 Å². The van der Waals surface area contributed by atoms with Gasteiger partial charge in [-0.05, 0) is 60.7 Å².